The molecule has 0 aliphatic heterocycles. The van der Waals surface area contributed by atoms with E-state index in [1.165, 1.54) is 17.6 Å². The third kappa shape index (κ3) is 4.78. The number of carbonyl (C=O) groups excluding carboxylic acids is 1. The second kappa shape index (κ2) is 8.26. The number of aryl methyl sites for hydroxylation is 1. The molecule has 1 aliphatic rings. The molecular weight excluding hydrogens is 358 g/mol. The summed E-state index contributed by atoms with van der Waals surface area (Å²) in [4.78, 5) is 11.2. The highest BCUT2D eigenvalue weighted by molar-refractivity contribution is 7.95. The van der Waals surface area contributed by atoms with E-state index in [-0.39, 0.29) is 15.3 Å². The van der Waals surface area contributed by atoms with Gasteiger partial charge in [0.15, 0.2) is 0 Å². The van der Waals surface area contributed by atoms with E-state index in [4.69, 9.17) is 0 Å². The lowest BCUT2D eigenvalue weighted by Gasteiger charge is -2.33. The van der Waals surface area contributed by atoms with Crippen molar-refractivity contribution in [1.29, 1.82) is 0 Å². The van der Waals surface area contributed by atoms with E-state index < -0.39 is 9.84 Å². The first-order chi connectivity index (χ1) is 12.6. The summed E-state index contributed by atoms with van der Waals surface area (Å²) in [5.41, 5.74) is 4.12. The van der Waals surface area contributed by atoms with Gasteiger partial charge in [-0.1, -0.05) is 49.3 Å². The first kappa shape index (κ1) is 21.2. The zero-order chi connectivity index (χ0) is 20.2. The molecule has 1 aromatic carbocycles. The van der Waals surface area contributed by atoms with Crippen molar-refractivity contribution in [2.24, 2.45) is 5.41 Å². The van der Waals surface area contributed by atoms with Crippen molar-refractivity contribution >= 4 is 16.2 Å². The maximum absolute atomic E-state index is 13.0. The van der Waals surface area contributed by atoms with Crippen LogP contribution in [0.25, 0.3) is 0 Å². The number of carbonyl (C=O) groups is 1. The van der Waals surface area contributed by atoms with Gasteiger partial charge in [0, 0.05) is 0 Å². The van der Waals surface area contributed by atoms with Crippen molar-refractivity contribution in [2.45, 2.75) is 58.8 Å². The van der Waals surface area contributed by atoms with Crippen LogP contribution in [-0.4, -0.2) is 14.8 Å². The molecule has 0 atom stereocenters. The lowest BCUT2D eigenvalue weighted by Crippen LogP contribution is -2.21. The fourth-order valence-electron chi connectivity index (χ4n) is 3.59. The van der Waals surface area contributed by atoms with Gasteiger partial charge in [-0.2, -0.15) is 0 Å². The first-order valence-electron chi connectivity index (χ1n) is 9.21. The number of sulfone groups is 1. The zero-order valence-corrected chi connectivity index (χ0v) is 17.6. The Balaban J connectivity index is 2.48. The van der Waals surface area contributed by atoms with Crippen LogP contribution in [0.4, 0.5) is 0 Å². The van der Waals surface area contributed by atoms with Gasteiger partial charge in [-0.15, -0.1) is 0 Å². The minimum absolute atomic E-state index is 0.0627. The largest absolute Gasteiger partial charge is 0.319 e. The van der Waals surface area contributed by atoms with Gasteiger partial charge >= 0.3 is 0 Å². The van der Waals surface area contributed by atoms with E-state index >= 15 is 0 Å². The number of hydrogen-bond acceptors (Lipinski definition) is 3. The van der Waals surface area contributed by atoms with Crippen molar-refractivity contribution in [1.82, 2.24) is 5.32 Å². The van der Waals surface area contributed by atoms with E-state index in [0.717, 1.165) is 18.4 Å². The van der Waals surface area contributed by atoms with Crippen LogP contribution in [0.1, 0.15) is 52.5 Å². The highest BCUT2D eigenvalue weighted by Crippen LogP contribution is 2.40. The summed E-state index contributed by atoms with van der Waals surface area (Å²) in [7, 11) is -3.80. The van der Waals surface area contributed by atoms with Crippen LogP contribution in [0, 0.1) is 12.3 Å². The van der Waals surface area contributed by atoms with Crippen LogP contribution < -0.4 is 5.32 Å². The molecule has 1 aliphatic carbocycles. The third-order valence-electron chi connectivity index (χ3n) is 5.19. The van der Waals surface area contributed by atoms with Crippen LogP contribution in [-0.2, 0) is 14.6 Å². The highest BCUT2D eigenvalue weighted by atomic mass is 32.2. The number of allylic oxidation sites excluding steroid dienone is 5. The van der Waals surface area contributed by atoms with Gasteiger partial charge in [0.05, 0.1) is 4.90 Å². The fraction of sp³-hybridized carbons (Fsp3) is 0.409. The Kier molecular flexibility index (Phi) is 6.47. The summed E-state index contributed by atoms with van der Waals surface area (Å²) in [5, 5.41) is 2.32. The molecule has 146 valence electrons. The van der Waals surface area contributed by atoms with Crippen molar-refractivity contribution in [3.63, 3.8) is 0 Å². The number of amides is 1. The SMILES string of the molecule is CC(C=CC1=C(C)CCCC1(C)C)=C(NC=O)S(=O)(=O)c1ccc(C)cc1. The molecule has 0 saturated carbocycles. The van der Waals surface area contributed by atoms with Crippen LogP contribution in [0.15, 0.2) is 63.1 Å². The van der Waals surface area contributed by atoms with Crippen LogP contribution in [0.3, 0.4) is 0 Å². The molecule has 27 heavy (non-hydrogen) atoms. The quantitative estimate of drug-likeness (QED) is 0.562. The van der Waals surface area contributed by atoms with Crippen LogP contribution >= 0.6 is 0 Å². The maximum Gasteiger partial charge on any atom is 0.222 e. The van der Waals surface area contributed by atoms with Crippen molar-refractivity contribution in [3.8, 4) is 0 Å². The topological polar surface area (TPSA) is 63.2 Å². The van der Waals surface area contributed by atoms with Gasteiger partial charge < -0.3 is 5.32 Å². The van der Waals surface area contributed by atoms with Crippen molar-refractivity contribution < 1.29 is 13.2 Å². The lowest BCUT2D eigenvalue weighted by molar-refractivity contribution is -0.108. The molecule has 0 heterocycles. The Labute approximate surface area is 163 Å². The van der Waals surface area contributed by atoms with Gasteiger partial charge in [-0.3, -0.25) is 4.79 Å². The molecule has 1 amide bonds. The predicted molar refractivity (Wildman–Crippen MR) is 110 cm³/mol. The molecule has 0 bridgehead atoms. The number of rotatable bonds is 6. The molecule has 1 aromatic rings. The first-order valence-corrected chi connectivity index (χ1v) is 10.7. The smallest absolute Gasteiger partial charge is 0.222 e. The van der Waals surface area contributed by atoms with E-state index in [1.54, 1.807) is 37.3 Å². The molecule has 0 fully saturated rings. The molecule has 4 nitrogen and oxygen atoms in total. The minimum Gasteiger partial charge on any atom is -0.319 e. The summed E-state index contributed by atoms with van der Waals surface area (Å²) >= 11 is 0. The molecule has 0 radical (unpaired) electrons. The van der Waals surface area contributed by atoms with Gasteiger partial charge in [0.1, 0.15) is 5.03 Å². The molecule has 1 N–H and O–H groups in total. The summed E-state index contributed by atoms with van der Waals surface area (Å²) < 4.78 is 26.0. The van der Waals surface area contributed by atoms with Gasteiger partial charge in [-0.05, 0) is 68.7 Å². The van der Waals surface area contributed by atoms with E-state index in [0.29, 0.717) is 12.0 Å². The second-order valence-corrected chi connectivity index (χ2v) is 9.74. The molecular formula is C22H29NO3S. The normalized spacial score (nSPS) is 18.4. The Morgan fingerprint density at radius 2 is 1.78 bits per heavy atom. The van der Waals surface area contributed by atoms with E-state index in [2.05, 4.69) is 26.1 Å². The van der Waals surface area contributed by atoms with Crippen LogP contribution in [0.2, 0.25) is 0 Å². The van der Waals surface area contributed by atoms with Crippen LogP contribution in [0.5, 0.6) is 0 Å². The summed E-state index contributed by atoms with van der Waals surface area (Å²) in [6.07, 6.45) is 7.55. The Hall–Kier alpha value is -2.14. The second-order valence-electron chi connectivity index (χ2n) is 7.86. The maximum atomic E-state index is 13.0. The molecule has 0 saturated heterocycles. The molecule has 0 aromatic heterocycles. The van der Waals surface area contributed by atoms with E-state index in [9.17, 15) is 13.2 Å². The van der Waals surface area contributed by atoms with Gasteiger partial charge in [0.2, 0.25) is 16.2 Å². The zero-order valence-electron chi connectivity index (χ0n) is 16.8. The molecule has 2 rings (SSSR count). The van der Waals surface area contributed by atoms with Crippen molar-refractivity contribution in [3.05, 3.63) is 63.7 Å². The third-order valence-corrected chi connectivity index (χ3v) is 7.06. The molecule has 0 spiro atoms. The summed E-state index contributed by atoms with van der Waals surface area (Å²) in [6, 6.07) is 6.61. The summed E-state index contributed by atoms with van der Waals surface area (Å²) in [5.74, 6) is 0. The average molecular weight is 388 g/mol. The standard InChI is InChI=1S/C22H29NO3S/c1-16-8-11-19(12-9-16)27(25,26)21(23-15-24)18(3)10-13-20-17(2)7-6-14-22(20,4)5/h8-13,15H,6-7,14H2,1-5H3,(H,23,24). The molecule has 5 heteroatoms. The van der Waals surface area contributed by atoms with Crippen molar-refractivity contribution in [2.75, 3.05) is 0 Å². The Bertz CT molecular complexity index is 901. The highest BCUT2D eigenvalue weighted by Gasteiger charge is 2.27. The number of benzene rings is 1. The number of nitrogens with one attached hydrogen (secondary N) is 1. The number of hydrogen-bond donors (Lipinski definition) is 1. The average Bonchev–Trinajstić information content (AvgIpc) is 2.58. The predicted octanol–water partition coefficient (Wildman–Crippen LogP) is 4.83. The Morgan fingerprint density at radius 1 is 1.15 bits per heavy atom. The monoisotopic (exact) mass is 387 g/mol. The minimum atomic E-state index is -3.80. The summed E-state index contributed by atoms with van der Waals surface area (Å²) in [6.45, 7) is 10.2. The van der Waals surface area contributed by atoms with Gasteiger partial charge in [-0.25, -0.2) is 8.42 Å². The lowest BCUT2D eigenvalue weighted by atomic mass is 9.72. The molecule has 0 unspecified atom stereocenters. The van der Waals surface area contributed by atoms with E-state index in [1.807, 2.05) is 13.0 Å². The Morgan fingerprint density at radius 3 is 2.33 bits per heavy atom. The van der Waals surface area contributed by atoms with Gasteiger partial charge in [0.25, 0.3) is 0 Å². The fourth-order valence-corrected chi connectivity index (χ4v) is 5.01.